The summed E-state index contributed by atoms with van der Waals surface area (Å²) in [5.41, 5.74) is 1.83. The number of halogens is 1. The molecular formula is C13H14BrN3O. The summed E-state index contributed by atoms with van der Waals surface area (Å²) in [4.78, 5) is 0. The number of nitrogens with one attached hydrogen (secondary N) is 1. The fraction of sp³-hybridized carbons (Fsp3) is 0.231. The third-order valence-corrected chi connectivity index (χ3v) is 3.09. The normalized spacial score (nSPS) is 10.2. The summed E-state index contributed by atoms with van der Waals surface area (Å²) < 4.78 is 6.10. The van der Waals surface area contributed by atoms with Crippen molar-refractivity contribution in [2.24, 2.45) is 0 Å². The topological polar surface area (TPSA) is 47.0 Å². The molecule has 0 aliphatic heterocycles. The molecule has 0 atom stereocenters. The summed E-state index contributed by atoms with van der Waals surface area (Å²) in [5, 5.41) is 11.4. The number of methoxy groups -OCH3 is 1. The number of ether oxygens (including phenoxy) is 1. The fourth-order valence-electron chi connectivity index (χ4n) is 1.59. The van der Waals surface area contributed by atoms with Gasteiger partial charge in [0.2, 0.25) is 0 Å². The lowest BCUT2D eigenvalue weighted by Gasteiger charge is -2.06. The van der Waals surface area contributed by atoms with Gasteiger partial charge in [-0.2, -0.15) is 0 Å². The summed E-state index contributed by atoms with van der Waals surface area (Å²) in [6.45, 7) is 2.86. The van der Waals surface area contributed by atoms with Gasteiger partial charge in [-0.05, 0) is 53.2 Å². The number of anilines is 1. The third kappa shape index (κ3) is 2.79. The van der Waals surface area contributed by atoms with Crippen molar-refractivity contribution in [3.63, 3.8) is 0 Å². The highest BCUT2D eigenvalue weighted by atomic mass is 79.9. The molecule has 0 spiro atoms. The van der Waals surface area contributed by atoms with Crippen molar-refractivity contribution < 1.29 is 4.74 Å². The molecule has 1 aromatic carbocycles. The van der Waals surface area contributed by atoms with Crippen LogP contribution in [0.3, 0.4) is 0 Å². The average Bonchev–Trinajstić information content (AvgIpc) is 2.40. The van der Waals surface area contributed by atoms with Crippen LogP contribution < -0.4 is 10.1 Å². The second-order valence-electron chi connectivity index (χ2n) is 3.68. The summed E-state index contributed by atoms with van der Waals surface area (Å²) >= 11 is 3.46. The van der Waals surface area contributed by atoms with E-state index in [2.05, 4.69) is 31.4 Å². The van der Waals surface area contributed by atoms with Gasteiger partial charge in [-0.3, -0.25) is 0 Å². The number of hydrogen-bond acceptors (Lipinski definition) is 4. The number of aromatic nitrogens is 2. The van der Waals surface area contributed by atoms with Crippen LogP contribution in [0, 0.1) is 0 Å². The Balaban J connectivity index is 2.28. The first-order chi connectivity index (χ1) is 8.74. The van der Waals surface area contributed by atoms with Crippen LogP contribution in [0.5, 0.6) is 5.75 Å². The van der Waals surface area contributed by atoms with Crippen molar-refractivity contribution in [2.75, 3.05) is 19.0 Å². The van der Waals surface area contributed by atoms with Gasteiger partial charge in [0.1, 0.15) is 11.6 Å². The van der Waals surface area contributed by atoms with E-state index in [1.165, 1.54) is 0 Å². The zero-order valence-corrected chi connectivity index (χ0v) is 11.9. The molecule has 0 unspecified atom stereocenters. The van der Waals surface area contributed by atoms with Crippen LogP contribution in [0.1, 0.15) is 6.92 Å². The molecule has 2 aromatic rings. The monoisotopic (exact) mass is 307 g/mol. The molecule has 0 radical (unpaired) electrons. The quantitative estimate of drug-likeness (QED) is 0.941. The van der Waals surface area contributed by atoms with Crippen LogP contribution in [-0.4, -0.2) is 23.9 Å². The molecule has 2 rings (SSSR count). The molecule has 18 heavy (non-hydrogen) atoms. The molecule has 1 heterocycles. The lowest BCUT2D eigenvalue weighted by molar-refractivity contribution is 0.412. The zero-order valence-electron chi connectivity index (χ0n) is 10.3. The van der Waals surface area contributed by atoms with E-state index in [0.717, 1.165) is 33.8 Å². The van der Waals surface area contributed by atoms with Crippen molar-refractivity contribution >= 4 is 21.7 Å². The van der Waals surface area contributed by atoms with Gasteiger partial charge in [-0.25, -0.2) is 0 Å². The highest BCUT2D eigenvalue weighted by molar-refractivity contribution is 9.10. The van der Waals surface area contributed by atoms with Crippen LogP contribution in [0.25, 0.3) is 11.3 Å². The van der Waals surface area contributed by atoms with Crippen LogP contribution in [0.4, 0.5) is 5.82 Å². The fourth-order valence-corrected chi connectivity index (χ4v) is 2.13. The van der Waals surface area contributed by atoms with Gasteiger partial charge in [0.05, 0.1) is 17.3 Å². The van der Waals surface area contributed by atoms with Crippen LogP contribution in [0.15, 0.2) is 34.8 Å². The Morgan fingerprint density at radius 1 is 1.22 bits per heavy atom. The lowest BCUT2D eigenvalue weighted by atomic mass is 10.1. The van der Waals surface area contributed by atoms with E-state index in [9.17, 15) is 0 Å². The van der Waals surface area contributed by atoms with Crippen molar-refractivity contribution in [1.82, 2.24) is 10.2 Å². The lowest BCUT2D eigenvalue weighted by Crippen LogP contribution is -2.00. The first-order valence-corrected chi connectivity index (χ1v) is 6.45. The average molecular weight is 308 g/mol. The van der Waals surface area contributed by atoms with Crippen molar-refractivity contribution in [3.05, 3.63) is 34.8 Å². The van der Waals surface area contributed by atoms with E-state index >= 15 is 0 Å². The molecule has 0 bridgehead atoms. The first kappa shape index (κ1) is 12.8. The van der Waals surface area contributed by atoms with E-state index in [4.69, 9.17) is 4.74 Å². The predicted octanol–water partition coefficient (Wildman–Crippen LogP) is 3.35. The minimum atomic E-state index is 0.786. The molecular weight excluding hydrogens is 294 g/mol. The second kappa shape index (κ2) is 5.82. The highest BCUT2D eigenvalue weighted by Crippen LogP contribution is 2.29. The number of nitrogens with zero attached hydrogens (tertiary/aromatic N) is 2. The Kier molecular flexibility index (Phi) is 4.15. The SMILES string of the molecule is CCNc1ccc(-c2ccc(OC)c(Br)c2)nn1. The van der Waals surface area contributed by atoms with E-state index in [0.29, 0.717) is 0 Å². The molecule has 0 saturated heterocycles. The largest absolute Gasteiger partial charge is 0.496 e. The minimum Gasteiger partial charge on any atom is -0.496 e. The molecule has 94 valence electrons. The predicted molar refractivity (Wildman–Crippen MR) is 75.9 cm³/mol. The van der Waals surface area contributed by atoms with Gasteiger partial charge in [0.25, 0.3) is 0 Å². The smallest absolute Gasteiger partial charge is 0.148 e. The van der Waals surface area contributed by atoms with E-state index < -0.39 is 0 Å². The molecule has 0 aliphatic rings. The highest BCUT2D eigenvalue weighted by Gasteiger charge is 2.05. The summed E-state index contributed by atoms with van der Waals surface area (Å²) in [6, 6.07) is 9.69. The summed E-state index contributed by atoms with van der Waals surface area (Å²) in [5.74, 6) is 1.59. The minimum absolute atomic E-state index is 0.786. The van der Waals surface area contributed by atoms with Crippen LogP contribution in [-0.2, 0) is 0 Å². The Morgan fingerprint density at radius 3 is 2.61 bits per heavy atom. The van der Waals surface area contributed by atoms with Gasteiger partial charge < -0.3 is 10.1 Å². The van der Waals surface area contributed by atoms with Gasteiger partial charge in [0.15, 0.2) is 0 Å². The van der Waals surface area contributed by atoms with E-state index in [1.807, 2.05) is 37.3 Å². The summed E-state index contributed by atoms with van der Waals surface area (Å²) in [7, 11) is 1.64. The summed E-state index contributed by atoms with van der Waals surface area (Å²) in [6.07, 6.45) is 0. The van der Waals surface area contributed by atoms with E-state index in [1.54, 1.807) is 7.11 Å². The first-order valence-electron chi connectivity index (χ1n) is 5.66. The second-order valence-corrected chi connectivity index (χ2v) is 4.54. The van der Waals surface area contributed by atoms with Gasteiger partial charge in [0, 0.05) is 12.1 Å². The van der Waals surface area contributed by atoms with Gasteiger partial charge >= 0.3 is 0 Å². The van der Waals surface area contributed by atoms with Gasteiger partial charge in [-0.15, -0.1) is 10.2 Å². The molecule has 0 saturated carbocycles. The molecule has 0 fully saturated rings. The van der Waals surface area contributed by atoms with Crippen molar-refractivity contribution in [1.29, 1.82) is 0 Å². The number of rotatable bonds is 4. The van der Waals surface area contributed by atoms with Crippen molar-refractivity contribution in [3.8, 4) is 17.0 Å². The van der Waals surface area contributed by atoms with E-state index in [-0.39, 0.29) is 0 Å². The maximum absolute atomic E-state index is 5.19. The molecule has 5 heteroatoms. The molecule has 1 aromatic heterocycles. The standard InChI is InChI=1S/C13H14BrN3O/c1-3-15-13-7-5-11(16-17-13)9-4-6-12(18-2)10(14)8-9/h4-8H,3H2,1-2H3,(H,15,17). The molecule has 1 N–H and O–H groups in total. The number of benzene rings is 1. The van der Waals surface area contributed by atoms with Gasteiger partial charge in [-0.1, -0.05) is 0 Å². The molecule has 0 aliphatic carbocycles. The number of hydrogen-bond donors (Lipinski definition) is 1. The Bertz CT molecular complexity index is 528. The molecule has 0 amide bonds. The maximum atomic E-state index is 5.19. The Hall–Kier alpha value is -1.62. The third-order valence-electron chi connectivity index (χ3n) is 2.47. The molecule has 4 nitrogen and oxygen atoms in total. The van der Waals surface area contributed by atoms with Crippen molar-refractivity contribution in [2.45, 2.75) is 6.92 Å². The Morgan fingerprint density at radius 2 is 2.06 bits per heavy atom. The zero-order chi connectivity index (χ0) is 13.0. The maximum Gasteiger partial charge on any atom is 0.148 e. The van der Waals surface area contributed by atoms with Crippen LogP contribution >= 0.6 is 15.9 Å². The Labute approximate surface area is 115 Å². The van der Waals surface area contributed by atoms with Crippen LogP contribution in [0.2, 0.25) is 0 Å².